The Labute approximate surface area is 193 Å². The lowest BCUT2D eigenvalue weighted by Crippen LogP contribution is -2.45. The van der Waals surface area contributed by atoms with Crippen molar-refractivity contribution in [3.63, 3.8) is 0 Å². The number of ether oxygens (including phenoxy) is 2. The monoisotopic (exact) mass is 487 g/mol. The molecule has 1 aromatic heterocycles. The molecule has 0 saturated heterocycles. The fourth-order valence-corrected chi connectivity index (χ4v) is 4.34. The largest absolute Gasteiger partial charge is 0.506 e. The molecule has 0 saturated carbocycles. The number of rotatable bonds is 7. The van der Waals surface area contributed by atoms with Gasteiger partial charge in [0.1, 0.15) is 23.1 Å². The van der Waals surface area contributed by atoms with Crippen LogP contribution in [0.1, 0.15) is 40.2 Å². The second-order valence-corrected chi connectivity index (χ2v) is 10.4. The second-order valence-electron chi connectivity index (χ2n) is 8.21. The summed E-state index contributed by atoms with van der Waals surface area (Å²) in [6.45, 7) is 9.25. The van der Waals surface area contributed by atoms with Crippen LogP contribution in [0.5, 0.6) is 5.75 Å². The lowest BCUT2D eigenvalue weighted by molar-refractivity contribution is -0.147. The van der Waals surface area contributed by atoms with Gasteiger partial charge < -0.3 is 19.9 Å². The third-order valence-corrected chi connectivity index (χ3v) is 5.82. The molecule has 0 unspecified atom stereocenters. The van der Waals surface area contributed by atoms with Crippen LogP contribution >= 0.6 is 32.5 Å². The number of alkyl carbamates (subject to hydrolysis) is 1. The highest BCUT2D eigenvalue weighted by atomic mass is 35.5. The molecule has 31 heavy (non-hydrogen) atoms. The molecule has 8 nitrogen and oxygen atoms in total. The third-order valence-electron chi connectivity index (χ3n) is 3.65. The minimum absolute atomic E-state index is 0.0847. The molecule has 0 fully saturated rings. The van der Waals surface area contributed by atoms with Gasteiger partial charge in [-0.05, 0) is 54.7 Å². The van der Waals surface area contributed by atoms with E-state index in [2.05, 4.69) is 14.7 Å². The number of aromatic hydroxyl groups is 1. The van der Waals surface area contributed by atoms with Crippen LogP contribution in [-0.2, 0) is 20.7 Å². The van der Waals surface area contributed by atoms with Crippen LogP contribution in [0.3, 0.4) is 0 Å². The number of aromatic nitrogens is 1. The summed E-state index contributed by atoms with van der Waals surface area (Å²) >= 11 is 5.95. The Morgan fingerprint density at radius 3 is 2.58 bits per heavy atom. The zero-order valence-electron chi connectivity index (χ0n) is 18.0. The molecule has 0 radical (unpaired) electrons. The number of nitrogens with one attached hydrogen (secondary N) is 1. The van der Waals surface area contributed by atoms with E-state index >= 15 is 0 Å². The number of phenolic OH excluding ortho intramolecular Hbond substituents is 1. The molecule has 1 atom stereocenters. The van der Waals surface area contributed by atoms with Gasteiger partial charge in [0.15, 0.2) is 9.82 Å². The summed E-state index contributed by atoms with van der Waals surface area (Å²) in [5.41, 5.74) is 0.217. The molecule has 0 bridgehead atoms. The fourth-order valence-electron chi connectivity index (χ4n) is 2.35. The van der Waals surface area contributed by atoms with Gasteiger partial charge in [0.25, 0.3) is 0 Å². The molecule has 0 aliphatic carbocycles. The number of esters is 1. The highest BCUT2D eigenvalue weighted by Gasteiger charge is 2.26. The van der Waals surface area contributed by atoms with Gasteiger partial charge in [0.2, 0.25) is 0 Å². The topological polar surface area (TPSA) is 110 Å². The number of benzene rings is 1. The van der Waals surface area contributed by atoms with Crippen molar-refractivity contribution >= 4 is 50.2 Å². The van der Waals surface area contributed by atoms with Crippen molar-refractivity contribution in [1.82, 2.24) is 9.69 Å². The van der Waals surface area contributed by atoms with Crippen molar-refractivity contribution in [3.8, 4) is 5.75 Å². The van der Waals surface area contributed by atoms with E-state index in [1.54, 1.807) is 32.9 Å². The van der Waals surface area contributed by atoms with Crippen LogP contribution < -0.4 is 9.99 Å². The van der Waals surface area contributed by atoms with Gasteiger partial charge >= 0.3 is 12.1 Å². The van der Waals surface area contributed by atoms with Crippen molar-refractivity contribution in [3.05, 3.63) is 33.6 Å². The minimum atomic E-state index is -0.978. The number of nitrogens with zero attached hydrogens (tertiary/aromatic N) is 2. The second kappa shape index (κ2) is 10.9. The first-order valence-corrected chi connectivity index (χ1v) is 12.1. The predicted octanol–water partition coefficient (Wildman–Crippen LogP) is 4.43. The Morgan fingerprint density at radius 1 is 1.32 bits per heavy atom. The van der Waals surface area contributed by atoms with E-state index in [0.717, 1.165) is 0 Å². The summed E-state index contributed by atoms with van der Waals surface area (Å²) in [6.07, 6.45) is -0.621. The van der Waals surface area contributed by atoms with Gasteiger partial charge in [-0.15, -0.1) is 0 Å². The van der Waals surface area contributed by atoms with Gasteiger partial charge in [-0.1, -0.05) is 31.5 Å². The average molecular weight is 488 g/mol. The van der Waals surface area contributed by atoms with E-state index in [1.165, 1.54) is 26.9 Å². The Hall–Kier alpha value is -2.17. The first-order chi connectivity index (χ1) is 14.4. The van der Waals surface area contributed by atoms with Gasteiger partial charge in [0.05, 0.1) is 6.61 Å². The number of carbonyl (C=O) groups is 2. The number of amides is 1. The van der Waals surface area contributed by atoms with Gasteiger partial charge in [0, 0.05) is 17.0 Å². The maximum atomic E-state index is 12.6. The molecular weight excluding hydrogens is 462 g/mol. The zero-order chi connectivity index (χ0) is 23.2. The van der Waals surface area contributed by atoms with Crippen molar-refractivity contribution in [1.29, 1.82) is 0 Å². The number of halogens is 1. The van der Waals surface area contributed by atoms with E-state index < -0.39 is 23.7 Å². The summed E-state index contributed by atoms with van der Waals surface area (Å²) in [5.74, 6) is -0.514. The normalized spacial score (nSPS) is 13.2. The molecule has 2 rings (SSSR count). The molecule has 1 aromatic carbocycles. The first kappa shape index (κ1) is 25.1. The van der Waals surface area contributed by atoms with E-state index in [1.807, 2.05) is 13.8 Å². The van der Waals surface area contributed by atoms with Crippen LogP contribution in [0.2, 0.25) is 5.15 Å². The van der Waals surface area contributed by atoms with Crippen LogP contribution in [0.4, 0.5) is 10.5 Å². The Bertz CT molecular complexity index is 982. The molecule has 0 spiro atoms. The predicted molar refractivity (Wildman–Crippen MR) is 121 cm³/mol. The first-order valence-electron chi connectivity index (χ1n) is 9.59. The summed E-state index contributed by atoms with van der Waals surface area (Å²) in [4.78, 5) is 29.1. The molecule has 1 heterocycles. The van der Waals surface area contributed by atoms with Gasteiger partial charge in [-0.3, -0.25) is 0 Å². The number of phenols is 1. The van der Waals surface area contributed by atoms with Crippen LogP contribution in [0, 0.1) is 5.92 Å². The average Bonchev–Trinajstić information content (AvgIpc) is 3.04. The van der Waals surface area contributed by atoms with Crippen LogP contribution in [0.15, 0.2) is 23.2 Å². The summed E-state index contributed by atoms with van der Waals surface area (Å²) in [6, 6.07) is 3.82. The van der Waals surface area contributed by atoms with E-state index in [0.29, 0.717) is 15.9 Å². The van der Waals surface area contributed by atoms with Crippen LogP contribution in [-0.4, -0.2) is 39.8 Å². The number of hydrogen-bond acceptors (Lipinski definition) is 9. The standard InChI is InChI=1S/C20H26ClN3O5S2/c1-11(2)10-28-18(26)14(23-19(27)29-20(3,4)5)8-12-6-7-13(15(25)9-12)22-17-16(21)24-31-30-17/h6-7,9,11,14,25H,8,10H2,1-5H3,(H,23,27)/b22-17-/t14-/m0/s1. The smallest absolute Gasteiger partial charge is 0.408 e. The fraction of sp³-hybridized carbons (Fsp3) is 0.500. The maximum absolute atomic E-state index is 12.6. The summed E-state index contributed by atoms with van der Waals surface area (Å²) < 4.78 is 15.0. The highest BCUT2D eigenvalue weighted by molar-refractivity contribution is 7.66. The van der Waals surface area contributed by atoms with Crippen molar-refractivity contribution < 1.29 is 24.2 Å². The van der Waals surface area contributed by atoms with Crippen molar-refractivity contribution in [2.45, 2.75) is 52.7 Å². The summed E-state index contributed by atoms with van der Waals surface area (Å²) in [7, 11) is 2.49. The Balaban J connectivity index is 2.20. The molecule has 0 aliphatic rings. The third kappa shape index (κ3) is 8.47. The highest BCUT2D eigenvalue weighted by Crippen LogP contribution is 2.28. The maximum Gasteiger partial charge on any atom is 0.408 e. The Kier molecular flexibility index (Phi) is 8.84. The molecule has 1 amide bonds. The minimum Gasteiger partial charge on any atom is -0.506 e. The summed E-state index contributed by atoms with van der Waals surface area (Å²) in [5, 5.41) is 13.2. The quantitative estimate of drug-likeness (QED) is 0.441. The molecular formula is C20H26ClN3O5S2. The molecule has 2 N–H and O–H groups in total. The number of carbonyl (C=O) groups excluding carboxylic acids is 2. The van der Waals surface area contributed by atoms with Crippen molar-refractivity contribution in [2.24, 2.45) is 10.9 Å². The lowest BCUT2D eigenvalue weighted by Gasteiger charge is -2.23. The SMILES string of the molecule is CC(C)COC(=O)[C@H](Cc1ccc(/N=c2\ssnc2Cl)c(O)c1)NC(=O)OC(C)(C)C. The molecule has 11 heteroatoms. The van der Waals surface area contributed by atoms with E-state index in [9.17, 15) is 14.7 Å². The van der Waals surface area contributed by atoms with E-state index in [4.69, 9.17) is 21.1 Å². The lowest BCUT2D eigenvalue weighted by atomic mass is 10.0. The van der Waals surface area contributed by atoms with Crippen molar-refractivity contribution in [2.75, 3.05) is 6.61 Å². The van der Waals surface area contributed by atoms with Gasteiger partial charge in [-0.25, -0.2) is 14.6 Å². The Morgan fingerprint density at radius 2 is 2.03 bits per heavy atom. The van der Waals surface area contributed by atoms with Crippen LogP contribution in [0.25, 0.3) is 0 Å². The molecule has 2 aromatic rings. The molecule has 0 aliphatic heterocycles. The zero-order valence-corrected chi connectivity index (χ0v) is 20.4. The molecule has 170 valence electrons. The number of hydrogen-bond donors (Lipinski definition) is 2. The van der Waals surface area contributed by atoms with E-state index in [-0.39, 0.29) is 29.8 Å². The van der Waals surface area contributed by atoms with Gasteiger partial charge in [-0.2, -0.15) is 4.37 Å².